The van der Waals surface area contributed by atoms with E-state index in [1.807, 2.05) is 0 Å². The van der Waals surface area contributed by atoms with Crippen molar-refractivity contribution in [2.24, 2.45) is 0 Å². The molecule has 4 bridgehead atoms. The van der Waals surface area contributed by atoms with Gasteiger partial charge in [0.15, 0.2) is 0 Å². The molecule has 4 fully saturated rings. The van der Waals surface area contributed by atoms with Crippen LogP contribution in [0.5, 0.6) is 0 Å². The fraction of sp³-hybridized carbons (Fsp3) is 0.547. The van der Waals surface area contributed by atoms with E-state index >= 15 is 0 Å². The van der Waals surface area contributed by atoms with Crippen LogP contribution >= 0.6 is 14.5 Å². The standard InChI is InChI=1S/C53H74B2P2.2BrH/c1-7-32-50(33-8-1)56(51-34-9-2-10-35-51,42-17-5-15-40-54-46-24-19-25-47(54)27-20-26-46)44-23-45-57(52-36-11-3-12-37-52,53-38-13-4-14-39-53)43-18-6-16-41-55-48-28-21-29-49(55)31-22-30-48;;/h1-4,7-14,32-39,46-49H,5-6,15-31,40-45H2;2*1H/q+2;;/p-2. The summed E-state index contributed by atoms with van der Waals surface area (Å²) < 4.78 is 0. The van der Waals surface area contributed by atoms with Crippen LogP contribution in [-0.4, -0.2) is 38.1 Å². The summed E-state index contributed by atoms with van der Waals surface area (Å²) in [6, 6.07) is 47.8. The normalized spacial score (nSPS) is 21.6. The summed E-state index contributed by atoms with van der Waals surface area (Å²) in [4.78, 5) is 0. The Hall–Kier alpha value is -1.17. The highest BCUT2D eigenvalue weighted by molar-refractivity contribution is 7.90. The van der Waals surface area contributed by atoms with Gasteiger partial charge in [-0.15, -0.1) is 0 Å². The second kappa shape index (κ2) is 24.0. The Morgan fingerprint density at radius 3 is 0.847 bits per heavy atom. The molecule has 0 saturated carbocycles. The van der Waals surface area contributed by atoms with Gasteiger partial charge >= 0.3 is 0 Å². The smallest absolute Gasteiger partial charge is 0.146 e. The largest absolute Gasteiger partial charge is 1.00 e. The van der Waals surface area contributed by atoms with Gasteiger partial charge < -0.3 is 34.0 Å². The number of fused-ring (bicyclic) bond motifs is 4. The minimum Gasteiger partial charge on any atom is -1.00 e. The highest BCUT2D eigenvalue weighted by atomic mass is 79.9. The lowest BCUT2D eigenvalue weighted by Crippen LogP contribution is -3.00. The molecular formula is C53H74B2Br2P2. The molecule has 0 nitrogen and oxygen atoms in total. The van der Waals surface area contributed by atoms with E-state index in [2.05, 4.69) is 121 Å². The zero-order valence-electron chi connectivity index (χ0n) is 36.3. The molecule has 0 radical (unpaired) electrons. The number of halogens is 2. The highest BCUT2D eigenvalue weighted by Gasteiger charge is 2.47. The van der Waals surface area contributed by atoms with E-state index in [0.29, 0.717) is 0 Å². The van der Waals surface area contributed by atoms with Crippen LogP contribution in [0.3, 0.4) is 0 Å². The molecule has 0 aliphatic carbocycles. The van der Waals surface area contributed by atoms with Gasteiger partial charge in [-0.05, 0) is 61.4 Å². The molecule has 4 aliphatic rings. The first-order valence-electron chi connectivity index (χ1n) is 24.2. The maximum Gasteiger partial charge on any atom is 0.146 e. The minimum atomic E-state index is -1.61. The maximum absolute atomic E-state index is 2.52. The average molecular weight is 955 g/mol. The third kappa shape index (κ3) is 11.7. The van der Waals surface area contributed by atoms with Crippen molar-refractivity contribution < 1.29 is 34.0 Å². The van der Waals surface area contributed by atoms with E-state index in [4.69, 9.17) is 0 Å². The van der Waals surface area contributed by atoms with Gasteiger partial charge in [-0.3, -0.25) is 0 Å². The molecule has 8 rings (SSSR count). The van der Waals surface area contributed by atoms with Crippen molar-refractivity contribution in [2.45, 2.75) is 158 Å². The zero-order valence-corrected chi connectivity index (χ0v) is 41.3. The number of unbranched alkanes of at least 4 members (excludes halogenated alkanes) is 4. The van der Waals surface area contributed by atoms with Crippen LogP contribution in [0.2, 0.25) is 35.9 Å². The van der Waals surface area contributed by atoms with Crippen LogP contribution < -0.4 is 55.2 Å². The lowest BCUT2D eigenvalue weighted by Gasteiger charge is -2.40. The molecule has 59 heavy (non-hydrogen) atoms. The first kappa shape index (κ1) is 47.3. The molecule has 4 aliphatic heterocycles. The number of benzene rings is 4. The van der Waals surface area contributed by atoms with E-state index < -0.39 is 14.5 Å². The van der Waals surface area contributed by atoms with Crippen LogP contribution in [0.15, 0.2) is 121 Å². The van der Waals surface area contributed by atoms with Crippen molar-refractivity contribution in [3.8, 4) is 0 Å². The Labute approximate surface area is 384 Å². The molecule has 0 aromatic heterocycles. The van der Waals surface area contributed by atoms with Gasteiger partial charge in [-0.25, -0.2) is 0 Å². The van der Waals surface area contributed by atoms with E-state index in [1.54, 1.807) is 21.2 Å². The molecule has 6 heteroatoms. The van der Waals surface area contributed by atoms with E-state index in [0.717, 1.165) is 36.7 Å². The maximum atomic E-state index is 2.52. The molecule has 316 valence electrons. The van der Waals surface area contributed by atoms with Gasteiger partial charge in [-0.1, -0.05) is 211 Å². The molecule has 0 spiro atoms. The van der Waals surface area contributed by atoms with Gasteiger partial charge in [0.2, 0.25) is 0 Å². The van der Waals surface area contributed by atoms with Crippen molar-refractivity contribution in [3.63, 3.8) is 0 Å². The molecule has 4 heterocycles. The van der Waals surface area contributed by atoms with E-state index in [-0.39, 0.29) is 34.0 Å². The Balaban J connectivity index is 0.00000293. The van der Waals surface area contributed by atoms with E-state index in [1.165, 1.54) is 159 Å². The van der Waals surface area contributed by atoms with E-state index in [9.17, 15) is 0 Å². The van der Waals surface area contributed by atoms with Crippen molar-refractivity contribution in [1.29, 1.82) is 0 Å². The summed E-state index contributed by atoms with van der Waals surface area (Å²) in [7, 11) is -3.21. The zero-order chi connectivity index (χ0) is 38.6. The molecular weight excluding hydrogens is 880 g/mol. The van der Waals surface area contributed by atoms with Crippen molar-refractivity contribution in [1.82, 2.24) is 0 Å². The fourth-order valence-electron chi connectivity index (χ4n) is 13.5. The van der Waals surface area contributed by atoms with Crippen molar-refractivity contribution >= 4 is 49.2 Å². The fourth-order valence-corrected chi connectivity index (χ4v) is 22.7. The summed E-state index contributed by atoms with van der Waals surface area (Å²) in [5.41, 5.74) is 0. The molecule has 0 N–H and O–H groups in total. The van der Waals surface area contributed by atoms with Gasteiger partial charge in [-0.2, -0.15) is 0 Å². The first-order chi connectivity index (χ1) is 28.3. The number of hydrogen-bond donors (Lipinski definition) is 0. The molecule has 4 aromatic rings. The number of rotatable bonds is 20. The van der Waals surface area contributed by atoms with Crippen molar-refractivity contribution in [2.75, 3.05) is 24.6 Å². The number of hydrogen-bond acceptors (Lipinski definition) is 0. The quantitative estimate of drug-likeness (QED) is 0.0476. The van der Waals surface area contributed by atoms with Crippen LogP contribution in [0, 0.1) is 0 Å². The second-order valence-electron chi connectivity index (χ2n) is 19.3. The minimum absolute atomic E-state index is 0. The molecule has 4 aromatic carbocycles. The Morgan fingerprint density at radius 1 is 0.322 bits per heavy atom. The third-order valence-corrected chi connectivity index (χ3v) is 25.7. The summed E-state index contributed by atoms with van der Waals surface area (Å²) >= 11 is 0. The second-order valence-corrected chi connectivity index (χ2v) is 27.0. The summed E-state index contributed by atoms with van der Waals surface area (Å²) in [5.74, 6) is 4.19. The molecule has 4 saturated heterocycles. The van der Waals surface area contributed by atoms with Crippen LogP contribution in [0.25, 0.3) is 0 Å². The Morgan fingerprint density at radius 2 is 0.576 bits per heavy atom. The van der Waals surface area contributed by atoms with Crippen LogP contribution in [-0.2, 0) is 0 Å². The Kier molecular flexibility index (Phi) is 19.3. The first-order valence-corrected chi connectivity index (χ1v) is 28.5. The topological polar surface area (TPSA) is 0 Å². The predicted octanol–water partition coefficient (Wildman–Crippen LogP) is 8.27. The average Bonchev–Trinajstić information content (AvgIpc) is 3.26. The van der Waals surface area contributed by atoms with Gasteiger partial charge in [0.25, 0.3) is 0 Å². The summed E-state index contributed by atoms with van der Waals surface area (Å²) in [6.07, 6.45) is 36.4. The summed E-state index contributed by atoms with van der Waals surface area (Å²) in [5, 5.41) is 6.59. The van der Waals surface area contributed by atoms with Gasteiger partial charge in [0, 0.05) is 6.42 Å². The molecule has 0 amide bonds. The molecule has 0 atom stereocenters. The third-order valence-electron chi connectivity index (χ3n) is 16.3. The Bertz CT molecular complexity index is 1490. The predicted molar refractivity (Wildman–Crippen MR) is 261 cm³/mol. The van der Waals surface area contributed by atoms with Crippen LogP contribution in [0.1, 0.15) is 122 Å². The SMILES string of the molecule is [Br-].[Br-].c1ccc([P+](CCCCCB2C3CCCC2CCC3)(CCC[P+](CCCCCB2C3CCCC2CCC3)(c2ccccc2)c2ccccc2)c2ccccc2)cc1. The van der Waals surface area contributed by atoms with Gasteiger partial charge in [0.1, 0.15) is 13.4 Å². The van der Waals surface area contributed by atoms with Crippen LogP contribution in [0.4, 0.5) is 0 Å². The lowest BCUT2D eigenvalue weighted by atomic mass is 9.26. The lowest BCUT2D eigenvalue weighted by molar-refractivity contribution is -0.00100. The molecule has 0 unspecified atom stereocenters. The highest BCUT2D eigenvalue weighted by Crippen LogP contribution is 2.62. The van der Waals surface area contributed by atoms with Gasteiger partial charge in [0.05, 0.1) is 60.4 Å². The monoisotopic (exact) mass is 952 g/mol. The van der Waals surface area contributed by atoms with Crippen molar-refractivity contribution in [3.05, 3.63) is 121 Å². The summed E-state index contributed by atoms with van der Waals surface area (Å²) in [6.45, 7) is 2.07.